The van der Waals surface area contributed by atoms with Crippen LogP contribution in [0.1, 0.15) is 0 Å². The summed E-state index contributed by atoms with van der Waals surface area (Å²) in [6.07, 6.45) is 3.55. The normalized spacial score (nSPS) is 9.62. The van der Waals surface area contributed by atoms with Crippen molar-refractivity contribution in [2.75, 3.05) is 14.2 Å². The van der Waals surface area contributed by atoms with Gasteiger partial charge in [0.2, 0.25) is 0 Å². The van der Waals surface area contributed by atoms with Gasteiger partial charge >= 0.3 is 94.7 Å². The Labute approximate surface area is 95.3 Å². The van der Waals surface area contributed by atoms with Crippen LogP contribution in [0.25, 0.3) is 11.0 Å². The van der Waals surface area contributed by atoms with E-state index in [4.69, 9.17) is 9.47 Å². The SMILES string of the molecule is COc1ccbc(-c2cccnc2)c1OC. The molecule has 0 amide bonds. The van der Waals surface area contributed by atoms with Crippen LogP contribution in [0.5, 0.6) is 11.5 Å². The molecule has 0 aliphatic rings. The molecule has 0 atom stereocenters. The van der Waals surface area contributed by atoms with Crippen LogP contribution < -0.4 is 9.47 Å². The molecular formula is C12H12BNO2. The van der Waals surface area contributed by atoms with Crippen molar-refractivity contribution >= 4 is 6.91 Å². The van der Waals surface area contributed by atoms with Crippen LogP contribution in [0.3, 0.4) is 0 Å². The molecule has 4 heteroatoms. The Balaban J connectivity index is 2.57. The van der Waals surface area contributed by atoms with E-state index in [0.29, 0.717) is 0 Å². The van der Waals surface area contributed by atoms with Gasteiger partial charge in [-0.2, -0.15) is 0 Å². The summed E-state index contributed by atoms with van der Waals surface area (Å²) in [4.78, 5) is 4.10. The number of hydrogen-bond acceptors (Lipinski definition) is 3. The number of rotatable bonds is 3. The molecule has 2 heterocycles. The fraction of sp³-hybridized carbons (Fsp3) is 0.167. The Kier molecular flexibility index (Phi) is 3.20. The quantitative estimate of drug-likeness (QED) is 0.782. The average molecular weight is 213 g/mol. The van der Waals surface area contributed by atoms with E-state index in [0.717, 1.165) is 22.5 Å². The van der Waals surface area contributed by atoms with Crippen molar-refractivity contribution in [2.45, 2.75) is 0 Å². The Morgan fingerprint density at radius 1 is 1.19 bits per heavy atom. The molecule has 2 rings (SSSR count). The topological polar surface area (TPSA) is 31.4 Å². The molecule has 0 bridgehead atoms. The van der Waals surface area contributed by atoms with E-state index in [1.54, 1.807) is 26.6 Å². The van der Waals surface area contributed by atoms with E-state index in [2.05, 4.69) is 4.98 Å². The Bertz CT molecular complexity index is 474. The summed E-state index contributed by atoms with van der Waals surface area (Å²) in [6, 6.07) is 5.76. The van der Waals surface area contributed by atoms with Gasteiger partial charge in [0.1, 0.15) is 0 Å². The third kappa shape index (κ3) is 1.91. The molecule has 16 heavy (non-hydrogen) atoms. The zero-order valence-electron chi connectivity index (χ0n) is 9.31. The van der Waals surface area contributed by atoms with Crippen LogP contribution in [-0.4, -0.2) is 26.1 Å². The first kappa shape index (κ1) is 10.7. The van der Waals surface area contributed by atoms with Crippen molar-refractivity contribution in [1.82, 2.24) is 4.98 Å². The molecule has 0 spiro atoms. The molecule has 0 saturated heterocycles. The van der Waals surface area contributed by atoms with Crippen LogP contribution in [0.4, 0.5) is 0 Å². The molecule has 3 nitrogen and oxygen atoms in total. The zero-order valence-corrected chi connectivity index (χ0v) is 9.31. The van der Waals surface area contributed by atoms with Gasteiger partial charge in [0.15, 0.2) is 0 Å². The minimum atomic E-state index is 0.726. The number of methoxy groups -OCH3 is 2. The summed E-state index contributed by atoms with van der Waals surface area (Å²) in [5.74, 6) is 3.39. The van der Waals surface area contributed by atoms with Crippen LogP contribution >= 0.6 is 0 Å². The van der Waals surface area contributed by atoms with Gasteiger partial charge in [-0.1, -0.05) is 0 Å². The van der Waals surface area contributed by atoms with Crippen molar-refractivity contribution in [3.05, 3.63) is 36.6 Å². The summed E-state index contributed by atoms with van der Waals surface area (Å²) in [5, 5.41) is 0. The fourth-order valence-corrected chi connectivity index (χ4v) is 1.64. The number of pyridine rings is 1. The Morgan fingerprint density at radius 2 is 2.06 bits per heavy atom. The second-order valence-electron chi connectivity index (χ2n) is 3.28. The summed E-state index contributed by atoms with van der Waals surface area (Å²) in [6.45, 7) is 1.98. The molecule has 0 N–H and O–H groups in total. The van der Waals surface area contributed by atoms with Gasteiger partial charge in [-0.25, -0.2) is 0 Å². The summed E-state index contributed by atoms with van der Waals surface area (Å²) >= 11 is 0. The maximum absolute atomic E-state index is 5.37. The first-order chi connectivity index (χ1) is 7.86. The Hall–Kier alpha value is -1.84. The molecule has 0 fully saturated rings. The summed E-state index contributed by atoms with van der Waals surface area (Å²) in [5.41, 5.74) is 1.99. The summed E-state index contributed by atoms with van der Waals surface area (Å²) < 4.78 is 10.6. The minimum absolute atomic E-state index is 0.726. The molecule has 0 radical (unpaired) electrons. The molecule has 0 unspecified atom stereocenters. The second-order valence-corrected chi connectivity index (χ2v) is 3.28. The zero-order chi connectivity index (χ0) is 11.4. The molecule has 0 aromatic carbocycles. The number of aromatic nitrogens is 1. The van der Waals surface area contributed by atoms with Gasteiger partial charge < -0.3 is 0 Å². The number of ether oxygens (including phenoxy) is 2. The van der Waals surface area contributed by atoms with Crippen molar-refractivity contribution in [1.29, 1.82) is 0 Å². The fourth-order valence-electron chi connectivity index (χ4n) is 1.64. The van der Waals surface area contributed by atoms with Crippen LogP contribution in [0.15, 0.2) is 36.6 Å². The summed E-state index contributed by atoms with van der Waals surface area (Å²) in [7, 11) is 3.27. The number of hydrogen-bond donors (Lipinski definition) is 0. The van der Waals surface area contributed by atoms with Gasteiger partial charge in [-0.3, -0.25) is 0 Å². The van der Waals surface area contributed by atoms with Crippen LogP contribution in [0, 0.1) is 0 Å². The van der Waals surface area contributed by atoms with Crippen molar-refractivity contribution < 1.29 is 9.47 Å². The van der Waals surface area contributed by atoms with Crippen LogP contribution in [0.2, 0.25) is 0 Å². The molecule has 0 aliphatic heterocycles. The van der Waals surface area contributed by atoms with Crippen LogP contribution in [-0.2, 0) is 0 Å². The predicted octanol–water partition coefficient (Wildman–Crippen LogP) is 2.10. The standard InChI is InChI=1S/C12H12BNO2/c1-15-10-5-6-13-11(12(10)16-2)9-4-3-7-14-8-9/h3-8H,1-2H3. The van der Waals surface area contributed by atoms with Crippen molar-refractivity contribution in [3.63, 3.8) is 0 Å². The monoisotopic (exact) mass is 213 g/mol. The van der Waals surface area contributed by atoms with E-state index in [1.807, 2.05) is 31.1 Å². The van der Waals surface area contributed by atoms with E-state index >= 15 is 0 Å². The molecule has 0 saturated carbocycles. The molecule has 80 valence electrons. The maximum atomic E-state index is 5.37. The average Bonchev–Trinajstić information content (AvgIpc) is 2.38. The third-order valence-electron chi connectivity index (χ3n) is 2.38. The first-order valence-electron chi connectivity index (χ1n) is 4.98. The molecule has 2 aromatic heterocycles. The van der Waals surface area contributed by atoms with Gasteiger partial charge in [0.25, 0.3) is 0 Å². The first-order valence-corrected chi connectivity index (χ1v) is 4.98. The van der Waals surface area contributed by atoms with Crippen molar-refractivity contribution in [3.8, 4) is 22.5 Å². The Morgan fingerprint density at radius 3 is 2.69 bits per heavy atom. The van der Waals surface area contributed by atoms with Crippen molar-refractivity contribution in [2.24, 2.45) is 0 Å². The van der Waals surface area contributed by atoms with Gasteiger partial charge in [0, 0.05) is 0 Å². The number of nitrogens with zero attached hydrogens (tertiary/aromatic N) is 1. The van der Waals surface area contributed by atoms with E-state index in [1.165, 1.54) is 0 Å². The van der Waals surface area contributed by atoms with E-state index in [-0.39, 0.29) is 0 Å². The molecule has 0 aliphatic carbocycles. The van der Waals surface area contributed by atoms with Gasteiger partial charge in [-0.05, 0) is 0 Å². The van der Waals surface area contributed by atoms with Gasteiger partial charge in [0.05, 0.1) is 0 Å². The molecule has 2 aromatic rings. The van der Waals surface area contributed by atoms with Gasteiger partial charge in [-0.15, -0.1) is 0 Å². The molecular weight excluding hydrogens is 201 g/mol. The second kappa shape index (κ2) is 4.79. The third-order valence-corrected chi connectivity index (χ3v) is 2.38. The predicted molar refractivity (Wildman–Crippen MR) is 64.1 cm³/mol. The van der Waals surface area contributed by atoms with E-state index in [9.17, 15) is 0 Å². The van der Waals surface area contributed by atoms with E-state index < -0.39 is 0 Å².